The summed E-state index contributed by atoms with van der Waals surface area (Å²) in [7, 11) is 0. The van der Waals surface area contributed by atoms with Gasteiger partial charge in [-0.05, 0) is 31.6 Å². The lowest BCUT2D eigenvalue weighted by Gasteiger charge is -2.37. The van der Waals surface area contributed by atoms with Crippen LogP contribution in [0, 0.1) is 5.92 Å². The summed E-state index contributed by atoms with van der Waals surface area (Å²) in [6, 6.07) is 0.499. The molecule has 2 heterocycles. The maximum Gasteiger partial charge on any atom is 0.356 e. The van der Waals surface area contributed by atoms with Crippen molar-refractivity contribution in [3.8, 4) is 0 Å². The van der Waals surface area contributed by atoms with E-state index in [-0.39, 0.29) is 5.69 Å². The van der Waals surface area contributed by atoms with Gasteiger partial charge in [0, 0.05) is 12.6 Å². The molecule has 0 spiro atoms. The van der Waals surface area contributed by atoms with Crippen molar-refractivity contribution >= 4 is 11.8 Å². The molecule has 1 unspecified atom stereocenters. The van der Waals surface area contributed by atoms with Gasteiger partial charge in [0.2, 0.25) is 0 Å². The molecule has 0 amide bonds. The first-order valence-corrected chi connectivity index (χ1v) is 6.90. The Morgan fingerprint density at radius 1 is 1.42 bits per heavy atom. The lowest BCUT2D eigenvalue weighted by Crippen LogP contribution is -2.41. The third kappa shape index (κ3) is 3.43. The van der Waals surface area contributed by atoms with Gasteiger partial charge in [-0.15, -0.1) is 0 Å². The van der Waals surface area contributed by atoms with E-state index in [4.69, 9.17) is 5.11 Å². The largest absolute Gasteiger partial charge is 0.476 e. The average Bonchev–Trinajstić information content (AvgIpc) is 2.39. The summed E-state index contributed by atoms with van der Waals surface area (Å²) in [5.41, 5.74) is 0.00108. The molecule has 1 saturated heterocycles. The number of rotatable bonds is 4. The molecular weight excluding hydrogens is 242 g/mol. The Morgan fingerprint density at radius 3 is 2.79 bits per heavy atom. The van der Waals surface area contributed by atoms with Gasteiger partial charge in [-0.25, -0.2) is 14.8 Å². The summed E-state index contributed by atoms with van der Waals surface area (Å²) >= 11 is 0. The van der Waals surface area contributed by atoms with E-state index in [1.165, 1.54) is 19.0 Å². The van der Waals surface area contributed by atoms with E-state index in [1.807, 2.05) is 0 Å². The summed E-state index contributed by atoms with van der Waals surface area (Å²) in [6.07, 6.45) is 7.68. The molecule has 104 valence electrons. The minimum absolute atomic E-state index is 0.00108. The maximum atomic E-state index is 10.8. The molecule has 1 fully saturated rings. The van der Waals surface area contributed by atoms with E-state index in [1.54, 1.807) is 6.20 Å². The second-order valence-electron chi connectivity index (χ2n) is 5.54. The van der Waals surface area contributed by atoms with Gasteiger partial charge in [-0.2, -0.15) is 0 Å². The molecule has 0 aliphatic carbocycles. The number of aromatic carboxylic acids is 1. The fourth-order valence-corrected chi connectivity index (χ4v) is 2.67. The molecular formula is C14H21N3O2. The quantitative estimate of drug-likeness (QED) is 0.904. The van der Waals surface area contributed by atoms with Crippen molar-refractivity contribution < 1.29 is 9.90 Å². The standard InChI is InChI=1S/C14H21N3O2/c1-10(2)7-11-5-3-4-6-17(11)13-9-15-12(8-16-13)14(18)19/h8-11H,3-7H2,1-2H3,(H,18,19). The molecule has 2 rings (SSSR count). The zero-order valence-corrected chi connectivity index (χ0v) is 11.5. The first kappa shape index (κ1) is 13.8. The van der Waals surface area contributed by atoms with Crippen LogP contribution in [-0.4, -0.2) is 33.6 Å². The van der Waals surface area contributed by atoms with Crippen molar-refractivity contribution in [3.05, 3.63) is 18.1 Å². The normalized spacial score (nSPS) is 19.7. The Bertz CT molecular complexity index is 431. The predicted octanol–water partition coefficient (Wildman–Crippen LogP) is 2.58. The van der Waals surface area contributed by atoms with Crippen molar-refractivity contribution in [3.63, 3.8) is 0 Å². The minimum atomic E-state index is -1.03. The van der Waals surface area contributed by atoms with E-state index in [0.29, 0.717) is 12.0 Å². The average molecular weight is 263 g/mol. The van der Waals surface area contributed by atoms with E-state index < -0.39 is 5.97 Å². The first-order valence-electron chi connectivity index (χ1n) is 6.90. The monoisotopic (exact) mass is 263 g/mol. The van der Waals surface area contributed by atoms with Crippen LogP contribution in [0.25, 0.3) is 0 Å². The number of carbonyl (C=O) groups is 1. The van der Waals surface area contributed by atoms with Crippen LogP contribution < -0.4 is 4.90 Å². The molecule has 1 aromatic rings. The number of piperidine rings is 1. The van der Waals surface area contributed by atoms with Crippen LogP contribution in [0.15, 0.2) is 12.4 Å². The number of aromatic nitrogens is 2. The lowest BCUT2D eigenvalue weighted by molar-refractivity contribution is 0.0690. The van der Waals surface area contributed by atoms with Crippen molar-refractivity contribution in [1.82, 2.24) is 9.97 Å². The Balaban J connectivity index is 2.15. The molecule has 1 aliphatic heterocycles. The van der Waals surface area contributed by atoms with E-state index in [9.17, 15) is 4.79 Å². The molecule has 5 heteroatoms. The molecule has 0 radical (unpaired) electrons. The highest BCUT2D eigenvalue weighted by molar-refractivity contribution is 5.84. The predicted molar refractivity (Wildman–Crippen MR) is 73.4 cm³/mol. The van der Waals surface area contributed by atoms with E-state index in [0.717, 1.165) is 25.2 Å². The number of hydrogen-bond donors (Lipinski definition) is 1. The van der Waals surface area contributed by atoms with Gasteiger partial charge < -0.3 is 10.0 Å². The molecule has 19 heavy (non-hydrogen) atoms. The third-order valence-electron chi connectivity index (χ3n) is 3.52. The van der Waals surface area contributed by atoms with Crippen LogP contribution in [0.4, 0.5) is 5.82 Å². The van der Waals surface area contributed by atoms with Crippen LogP contribution in [0.2, 0.25) is 0 Å². The number of anilines is 1. The minimum Gasteiger partial charge on any atom is -0.476 e. The molecule has 1 aromatic heterocycles. The Hall–Kier alpha value is -1.65. The van der Waals surface area contributed by atoms with Crippen LogP contribution in [0.3, 0.4) is 0 Å². The van der Waals surface area contributed by atoms with Crippen LogP contribution in [-0.2, 0) is 0 Å². The Labute approximate surface area is 113 Å². The second kappa shape index (κ2) is 5.99. The first-order chi connectivity index (χ1) is 9.08. The van der Waals surface area contributed by atoms with Crippen LogP contribution in [0.5, 0.6) is 0 Å². The number of carboxylic acids is 1. The Kier molecular flexibility index (Phi) is 4.35. The summed E-state index contributed by atoms with van der Waals surface area (Å²) in [5.74, 6) is 0.420. The van der Waals surface area contributed by atoms with Crippen molar-refractivity contribution in [2.75, 3.05) is 11.4 Å². The number of hydrogen-bond acceptors (Lipinski definition) is 4. The maximum absolute atomic E-state index is 10.8. The summed E-state index contributed by atoms with van der Waals surface area (Å²) in [4.78, 5) is 21.3. The second-order valence-corrected chi connectivity index (χ2v) is 5.54. The zero-order valence-electron chi connectivity index (χ0n) is 11.5. The Morgan fingerprint density at radius 2 is 2.21 bits per heavy atom. The highest BCUT2D eigenvalue weighted by atomic mass is 16.4. The zero-order chi connectivity index (χ0) is 13.8. The summed E-state index contributed by atoms with van der Waals surface area (Å²) < 4.78 is 0. The van der Waals surface area contributed by atoms with Crippen LogP contribution in [0.1, 0.15) is 50.0 Å². The van der Waals surface area contributed by atoms with E-state index >= 15 is 0 Å². The fourth-order valence-electron chi connectivity index (χ4n) is 2.67. The van der Waals surface area contributed by atoms with Gasteiger partial charge in [0.25, 0.3) is 0 Å². The van der Waals surface area contributed by atoms with Gasteiger partial charge in [0.1, 0.15) is 5.82 Å². The molecule has 5 nitrogen and oxygen atoms in total. The topological polar surface area (TPSA) is 66.3 Å². The van der Waals surface area contributed by atoms with Gasteiger partial charge in [-0.3, -0.25) is 0 Å². The highest BCUT2D eigenvalue weighted by Crippen LogP contribution is 2.26. The highest BCUT2D eigenvalue weighted by Gasteiger charge is 2.24. The lowest BCUT2D eigenvalue weighted by atomic mass is 9.94. The molecule has 0 saturated carbocycles. The van der Waals surface area contributed by atoms with E-state index in [2.05, 4.69) is 28.7 Å². The van der Waals surface area contributed by atoms with Crippen molar-refractivity contribution in [1.29, 1.82) is 0 Å². The van der Waals surface area contributed by atoms with Crippen molar-refractivity contribution in [2.24, 2.45) is 5.92 Å². The smallest absolute Gasteiger partial charge is 0.356 e. The number of carboxylic acid groups (broad SMARTS) is 1. The van der Waals surface area contributed by atoms with Gasteiger partial charge in [0.05, 0.1) is 12.4 Å². The van der Waals surface area contributed by atoms with Crippen LogP contribution >= 0.6 is 0 Å². The molecule has 1 N–H and O–H groups in total. The summed E-state index contributed by atoms with van der Waals surface area (Å²) in [6.45, 7) is 5.44. The molecule has 0 bridgehead atoms. The van der Waals surface area contributed by atoms with Gasteiger partial charge in [-0.1, -0.05) is 13.8 Å². The SMILES string of the molecule is CC(C)CC1CCCCN1c1cnc(C(=O)O)cn1. The molecule has 1 atom stereocenters. The third-order valence-corrected chi connectivity index (χ3v) is 3.52. The van der Waals surface area contributed by atoms with Gasteiger partial charge in [0.15, 0.2) is 5.69 Å². The summed E-state index contributed by atoms with van der Waals surface area (Å²) in [5, 5.41) is 8.84. The fraction of sp³-hybridized carbons (Fsp3) is 0.643. The molecule has 0 aromatic carbocycles. The van der Waals surface area contributed by atoms with Gasteiger partial charge >= 0.3 is 5.97 Å². The number of nitrogens with zero attached hydrogens (tertiary/aromatic N) is 3. The van der Waals surface area contributed by atoms with Crippen molar-refractivity contribution in [2.45, 2.75) is 45.6 Å². The molecule has 1 aliphatic rings.